The van der Waals surface area contributed by atoms with Gasteiger partial charge in [-0.1, -0.05) is 20.8 Å². The van der Waals surface area contributed by atoms with Gasteiger partial charge in [0.05, 0.1) is 0 Å². The van der Waals surface area contributed by atoms with E-state index in [0.717, 1.165) is 6.42 Å². The second-order valence-corrected chi connectivity index (χ2v) is 4.99. The summed E-state index contributed by atoms with van der Waals surface area (Å²) in [6.45, 7) is 6.99. The van der Waals surface area contributed by atoms with Crippen LogP contribution in [0.25, 0.3) is 0 Å². The van der Waals surface area contributed by atoms with Crippen molar-refractivity contribution in [1.29, 1.82) is 0 Å². The smallest absolute Gasteiger partial charge is 0.115 e. The summed E-state index contributed by atoms with van der Waals surface area (Å²) in [4.78, 5) is 8.53. The van der Waals surface area contributed by atoms with E-state index >= 15 is 0 Å². The van der Waals surface area contributed by atoms with Crippen LogP contribution in [0.1, 0.15) is 50.8 Å². The molecule has 1 aliphatic carbocycles. The van der Waals surface area contributed by atoms with Crippen molar-refractivity contribution < 1.29 is 0 Å². The number of hydrogen-bond donors (Lipinski definition) is 0. The monoisotopic (exact) mass is 190 g/mol. The predicted octanol–water partition coefficient (Wildman–Crippen LogP) is 2.94. The molecule has 0 aliphatic heterocycles. The highest BCUT2D eigenvalue weighted by Crippen LogP contribution is 2.42. The van der Waals surface area contributed by atoms with Crippen molar-refractivity contribution in [3.05, 3.63) is 23.8 Å². The Labute approximate surface area is 85.8 Å². The molecule has 2 heteroatoms. The van der Waals surface area contributed by atoms with Crippen LogP contribution >= 0.6 is 0 Å². The molecule has 0 spiro atoms. The first-order chi connectivity index (χ1) is 6.61. The van der Waals surface area contributed by atoms with Gasteiger partial charge in [-0.3, -0.25) is 0 Å². The molecule has 0 saturated heterocycles. The standard InChI is InChI=1S/C12H18N2/c1-9-10-7-13-8-14-11(10)5-4-6-12(9,2)3/h7-9H,4-6H2,1-3H3. The minimum Gasteiger partial charge on any atom is -0.245 e. The number of aromatic nitrogens is 2. The Bertz CT molecular complexity index is 331. The summed E-state index contributed by atoms with van der Waals surface area (Å²) in [7, 11) is 0. The first-order valence-electron chi connectivity index (χ1n) is 5.40. The highest BCUT2D eigenvalue weighted by Gasteiger charge is 2.31. The molecule has 0 radical (unpaired) electrons. The number of aryl methyl sites for hydroxylation is 1. The van der Waals surface area contributed by atoms with Crippen LogP contribution in [-0.4, -0.2) is 9.97 Å². The van der Waals surface area contributed by atoms with E-state index < -0.39 is 0 Å². The Kier molecular flexibility index (Phi) is 2.30. The van der Waals surface area contributed by atoms with Gasteiger partial charge in [-0.15, -0.1) is 0 Å². The maximum atomic E-state index is 4.38. The van der Waals surface area contributed by atoms with Gasteiger partial charge < -0.3 is 0 Å². The lowest BCUT2D eigenvalue weighted by Crippen LogP contribution is -2.18. The summed E-state index contributed by atoms with van der Waals surface area (Å²) in [5.74, 6) is 0.571. The number of hydrogen-bond acceptors (Lipinski definition) is 2. The average Bonchev–Trinajstić information content (AvgIpc) is 2.27. The maximum Gasteiger partial charge on any atom is 0.115 e. The van der Waals surface area contributed by atoms with Crippen molar-refractivity contribution in [1.82, 2.24) is 9.97 Å². The fourth-order valence-corrected chi connectivity index (χ4v) is 2.29. The average molecular weight is 190 g/mol. The molecule has 76 valence electrons. The molecule has 1 heterocycles. The van der Waals surface area contributed by atoms with Crippen LogP contribution in [0.4, 0.5) is 0 Å². The van der Waals surface area contributed by atoms with E-state index in [2.05, 4.69) is 30.7 Å². The molecule has 2 nitrogen and oxygen atoms in total. The molecule has 0 aromatic carbocycles. The van der Waals surface area contributed by atoms with Crippen molar-refractivity contribution in [3.63, 3.8) is 0 Å². The molecule has 0 N–H and O–H groups in total. The fraction of sp³-hybridized carbons (Fsp3) is 0.667. The van der Waals surface area contributed by atoms with E-state index in [-0.39, 0.29) is 0 Å². The molecular formula is C12H18N2. The van der Waals surface area contributed by atoms with Gasteiger partial charge in [0.15, 0.2) is 0 Å². The number of fused-ring (bicyclic) bond motifs is 1. The molecule has 2 rings (SSSR count). The molecular weight excluding hydrogens is 172 g/mol. The van der Waals surface area contributed by atoms with Crippen LogP contribution in [0, 0.1) is 5.41 Å². The molecule has 1 aromatic heterocycles. The molecule has 0 bridgehead atoms. The van der Waals surface area contributed by atoms with E-state index in [1.54, 1.807) is 6.33 Å². The molecule has 1 unspecified atom stereocenters. The third-order valence-corrected chi connectivity index (χ3v) is 3.70. The highest BCUT2D eigenvalue weighted by molar-refractivity contribution is 5.24. The van der Waals surface area contributed by atoms with Gasteiger partial charge in [-0.25, -0.2) is 9.97 Å². The molecule has 1 atom stereocenters. The van der Waals surface area contributed by atoms with Gasteiger partial charge in [0.25, 0.3) is 0 Å². The Hall–Kier alpha value is -0.920. The van der Waals surface area contributed by atoms with Crippen molar-refractivity contribution >= 4 is 0 Å². The van der Waals surface area contributed by atoms with E-state index in [1.165, 1.54) is 24.1 Å². The third kappa shape index (κ3) is 1.54. The molecule has 1 aromatic rings. The minimum atomic E-state index is 0.385. The Morgan fingerprint density at radius 2 is 2.21 bits per heavy atom. The van der Waals surface area contributed by atoms with E-state index in [4.69, 9.17) is 0 Å². The molecule has 0 amide bonds. The maximum absolute atomic E-state index is 4.38. The molecule has 0 fully saturated rings. The lowest BCUT2D eigenvalue weighted by atomic mass is 9.75. The van der Waals surface area contributed by atoms with E-state index in [1.807, 2.05) is 6.20 Å². The second-order valence-electron chi connectivity index (χ2n) is 4.99. The lowest BCUT2D eigenvalue weighted by molar-refractivity contribution is 0.277. The van der Waals surface area contributed by atoms with Crippen LogP contribution in [0.2, 0.25) is 0 Å². The summed E-state index contributed by atoms with van der Waals surface area (Å²) < 4.78 is 0. The SMILES string of the molecule is CC1c2cncnc2CCCC1(C)C. The van der Waals surface area contributed by atoms with Crippen LogP contribution in [-0.2, 0) is 6.42 Å². The minimum absolute atomic E-state index is 0.385. The van der Waals surface area contributed by atoms with Crippen LogP contribution in [0.5, 0.6) is 0 Å². The summed E-state index contributed by atoms with van der Waals surface area (Å²) >= 11 is 0. The van der Waals surface area contributed by atoms with Crippen molar-refractivity contribution in [2.24, 2.45) is 5.41 Å². The second kappa shape index (κ2) is 3.34. The normalized spacial score (nSPS) is 25.2. The summed E-state index contributed by atoms with van der Waals surface area (Å²) in [5, 5.41) is 0. The van der Waals surface area contributed by atoms with E-state index in [9.17, 15) is 0 Å². The largest absolute Gasteiger partial charge is 0.245 e. The lowest BCUT2D eigenvalue weighted by Gasteiger charge is -2.30. The topological polar surface area (TPSA) is 25.8 Å². The molecule has 14 heavy (non-hydrogen) atoms. The summed E-state index contributed by atoms with van der Waals surface area (Å²) in [5.41, 5.74) is 3.00. The number of rotatable bonds is 0. The van der Waals surface area contributed by atoms with Gasteiger partial charge in [0.2, 0.25) is 0 Å². The highest BCUT2D eigenvalue weighted by atomic mass is 14.8. The zero-order valence-electron chi connectivity index (χ0n) is 9.25. The Morgan fingerprint density at radius 1 is 1.43 bits per heavy atom. The van der Waals surface area contributed by atoms with Gasteiger partial charge in [0, 0.05) is 11.9 Å². The fourth-order valence-electron chi connectivity index (χ4n) is 2.29. The molecule has 1 aliphatic rings. The van der Waals surface area contributed by atoms with Crippen molar-refractivity contribution in [3.8, 4) is 0 Å². The van der Waals surface area contributed by atoms with Crippen molar-refractivity contribution in [2.75, 3.05) is 0 Å². The van der Waals surface area contributed by atoms with Gasteiger partial charge in [0.1, 0.15) is 6.33 Å². The Balaban J connectivity index is 2.45. The Morgan fingerprint density at radius 3 is 3.00 bits per heavy atom. The van der Waals surface area contributed by atoms with E-state index in [0.29, 0.717) is 11.3 Å². The first kappa shape index (κ1) is 9.63. The molecule has 0 saturated carbocycles. The van der Waals surface area contributed by atoms with Crippen molar-refractivity contribution in [2.45, 2.75) is 46.0 Å². The third-order valence-electron chi connectivity index (χ3n) is 3.70. The van der Waals surface area contributed by atoms with Gasteiger partial charge in [-0.2, -0.15) is 0 Å². The summed E-state index contributed by atoms with van der Waals surface area (Å²) in [6, 6.07) is 0. The zero-order valence-corrected chi connectivity index (χ0v) is 9.25. The van der Waals surface area contributed by atoms with Crippen LogP contribution < -0.4 is 0 Å². The summed E-state index contributed by atoms with van der Waals surface area (Å²) in [6.07, 6.45) is 7.32. The van der Waals surface area contributed by atoms with Gasteiger partial charge >= 0.3 is 0 Å². The number of nitrogens with zero attached hydrogens (tertiary/aromatic N) is 2. The van der Waals surface area contributed by atoms with Crippen LogP contribution in [0.15, 0.2) is 12.5 Å². The predicted molar refractivity (Wildman–Crippen MR) is 57.2 cm³/mol. The quantitative estimate of drug-likeness (QED) is 0.588. The first-order valence-corrected chi connectivity index (χ1v) is 5.40. The van der Waals surface area contributed by atoms with Crippen LogP contribution in [0.3, 0.4) is 0 Å². The van der Waals surface area contributed by atoms with Gasteiger partial charge in [-0.05, 0) is 36.2 Å². The zero-order chi connectivity index (χ0) is 10.2.